The van der Waals surface area contributed by atoms with Gasteiger partial charge in [-0.25, -0.2) is 0 Å². The second-order valence-electron chi connectivity index (χ2n) is 10.0. The van der Waals surface area contributed by atoms with Crippen molar-refractivity contribution < 1.29 is 14.2 Å². The molecule has 3 rings (SSSR count). The molecule has 1 unspecified atom stereocenters. The molecule has 0 spiro atoms. The zero-order valence-electron chi connectivity index (χ0n) is 23.2. The molecular formula is C34H46O3. The van der Waals surface area contributed by atoms with Crippen molar-refractivity contribution in [1.82, 2.24) is 0 Å². The van der Waals surface area contributed by atoms with E-state index in [1.165, 1.54) is 62.5 Å². The van der Waals surface area contributed by atoms with Gasteiger partial charge in [0.2, 0.25) is 0 Å². The van der Waals surface area contributed by atoms with Crippen LogP contribution in [0.2, 0.25) is 0 Å². The van der Waals surface area contributed by atoms with Gasteiger partial charge in [0.1, 0.15) is 23.9 Å². The molecule has 3 heteroatoms. The van der Waals surface area contributed by atoms with Crippen molar-refractivity contribution in [2.45, 2.75) is 97.7 Å². The Morgan fingerprint density at radius 3 is 1.68 bits per heavy atom. The fourth-order valence-electron chi connectivity index (χ4n) is 4.36. The van der Waals surface area contributed by atoms with E-state index in [1.807, 2.05) is 24.3 Å². The van der Waals surface area contributed by atoms with Crippen LogP contribution in [0, 0.1) is 0 Å². The Bertz CT molecular complexity index is 977. The minimum Gasteiger partial charge on any atom is -0.494 e. The van der Waals surface area contributed by atoms with E-state index >= 15 is 0 Å². The minimum atomic E-state index is 0.253. The molecule has 3 nitrogen and oxygen atoms in total. The highest BCUT2D eigenvalue weighted by molar-refractivity contribution is 5.64. The fraction of sp³-hybridized carbons (Fsp3) is 0.471. The zero-order valence-corrected chi connectivity index (χ0v) is 23.2. The van der Waals surface area contributed by atoms with Crippen molar-refractivity contribution in [2.75, 3.05) is 6.61 Å². The molecule has 200 valence electrons. The minimum absolute atomic E-state index is 0.253. The predicted molar refractivity (Wildman–Crippen MR) is 156 cm³/mol. The van der Waals surface area contributed by atoms with Gasteiger partial charge in [-0.2, -0.15) is 0 Å². The summed E-state index contributed by atoms with van der Waals surface area (Å²) in [7, 11) is 0. The fourth-order valence-corrected chi connectivity index (χ4v) is 4.36. The molecule has 0 radical (unpaired) electrons. The summed E-state index contributed by atoms with van der Waals surface area (Å²) in [6, 6.07) is 24.9. The van der Waals surface area contributed by atoms with Crippen LogP contribution in [0.4, 0.5) is 0 Å². The Balaban J connectivity index is 1.40. The van der Waals surface area contributed by atoms with Crippen LogP contribution in [-0.4, -0.2) is 12.7 Å². The van der Waals surface area contributed by atoms with Gasteiger partial charge in [-0.3, -0.25) is 0 Å². The van der Waals surface area contributed by atoms with Crippen molar-refractivity contribution in [3.8, 4) is 28.4 Å². The van der Waals surface area contributed by atoms with Crippen LogP contribution < -0.4 is 14.2 Å². The first-order valence-corrected chi connectivity index (χ1v) is 14.4. The van der Waals surface area contributed by atoms with E-state index in [0.717, 1.165) is 42.3 Å². The van der Waals surface area contributed by atoms with Gasteiger partial charge in [-0.05, 0) is 79.3 Å². The molecule has 0 aliphatic rings. The lowest BCUT2D eigenvalue weighted by atomic mass is 10.1. The average Bonchev–Trinajstić information content (AvgIpc) is 2.93. The number of unbranched alkanes of at least 4 members (excludes halogenated alkanes) is 7. The van der Waals surface area contributed by atoms with E-state index in [0.29, 0.717) is 6.61 Å². The third-order valence-corrected chi connectivity index (χ3v) is 6.69. The number of rotatable bonds is 18. The summed E-state index contributed by atoms with van der Waals surface area (Å²) in [6.07, 6.45) is 12.7. The maximum atomic E-state index is 6.10. The second-order valence-corrected chi connectivity index (χ2v) is 10.0. The lowest BCUT2D eigenvalue weighted by molar-refractivity contribution is 0.206. The van der Waals surface area contributed by atoms with Crippen molar-refractivity contribution in [1.29, 1.82) is 0 Å². The third kappa shape index (κ3) is 10.9. The van der Waals surface area contributed by atoms with Gasteiger partial charge < -0.3 is 14.2 Å². The second kappa shape index (κ2) is 16.7. The molecule has 0 aromatic heterocycles. The first kappa shape index (κ1) is 28.6. The highest BCUT2D eigenvalue weighted by Crippen LogP contribution is 2.26. The Morgan fingerprint density at radius 2 is 1.05 bits per heavy atom. The van der Waals surface area contributed by atoms with E-state index in [4.69, 9.17) is 14.2 Å². The molecule has 0 aliphatic carbocycles. The number of hydrogen-bond acceptors (Lipinski definition) is 3. The van der Waals surface area contributed by atoms with Gasteiger partial charge in [0, 0.05) is 0 Å². The first-order valence-electron chi connectivity index (χ1n) is 14.4. The molecule has 0 fully saturated rings. The molecular weight excluding hydrogens is 456 g/mol. The summed E-state index contributed by atoms with van der Waals surface area (Å²) in [5.74, 6) is 2.74. The third-order valence-electron chi connectivity index (χ3n) is 6.69. The summed E-state index contributed by atoms with van der Waals surface area (Å²) in [5, 5.41) is 0. The topological polar surface area (TPSA) is 27.7 Å². The maximum absolute atomic E-state index is 6.10. The smallest absolute Gasteiger partial charge is 0.119 e. The van der Waals surface area contributed by atoms with Gasteiger partial charge in [-0.1, -0.05) is 95.2 Å². The summed E-state index contributed by atoms with van der Waals surface area (Å²) in [5.41, 5.74) is 3.48. The molecule has 0 N–H and O–H groups in total. The highest BCUT2D eigenvalue weighted by atomic mass is 16.5. The van der Waals surface area contributed by atoms with Crippen LogP contribution in [0.5, 0.6) is 17.2 Å². The molecule has 3 aromatic rings. The maximum Gasteiger partial charge on any atom is 0.119 e. The van der Waals surface area contributed by atoms with Gasteiger partial charge in [0.25, 0.3) is 0 Å². The van der Waals surface area contributed by atoms with Gasteiger partial charge in [0.15, 0.2) is 0 Å². The number of hydrogen-bond donors (Lipinski definition) is 0. The summed E-state index contributed by atoms with van der Waals surface area (Å²) < 4.78 is 18.0. The van der Waals surface area contributed by atoms with Crippen LogP contribution >= 0.6 is 0 Å². The molecule has 0 amide bonds. The SMILES string of the molecule is CCCCCCCOc1ccc(COc2ccc(-c3ccc(OC(C)CCCCCC)cc3)cc2)cc1. The Morgan fingerprint density at radius 1 is 0.541 bits per heavy atom. The predicted octanol–water partition coefficient (Wildman–Crippen LogP) is 10.0. The van der Waals surface area contributed by atoms with E-state index < -0.39 is 0 Å². The van der Waals surface area contributed by atoms with Crippen LogP contribution in [0.25, 0.3) is 11.1 Å². The van der Waals surface area contributed by atoms with E-state index in [-0.39, 0.29) is 6.10 Å². The van der Waals surface area contributed by atoms with Crippen LogP contribution in [0.3, 0.4) is 0 Å². The Kier molecular flexibility index (Phi) is 12.9. The number of benzene rings is 3. The van der Waals surface area contributed by atoms with Crippen LogP contribution in [-0.2, 0) is 6.61 Å². The summed E-state index contributed by atoms with van der Waals surface area (Å²) >= 11 is 0. The van der Waals surface area contributed by atoms with Gasteiger partial charge in [-0.15, -0.1) is 0 Å². The number of ether oxygens (including phenoxy) is 3. The van der Waals surface area contributed by atoms with Crippen molar-refractivity contribution >= 4 is 0 Å². The molecule has 0 aliphatic heterocycles. The van der Waals surface area contributed by atoms with E-state index in [2.05, 4.69) is 69.3 Å². The van der Waals surface area contributed by atoms with Crippen LogP contribution in [0.1, 0.15) is 90.5 Å². The quantitative estimate of drug-likeness (QED) is 0.162. The lowest BCUT2D eigenvalue weighted by Gasteiger charge is -2.15. The standard InChI is InChI=1S/C34H46O3/c1-4-6-8-10-12-26-35-32-20-14-29(15-21-32)27-36-33-22-16-30(17-23-33)31-18-24-34(25-19-31)37-28(3)13-11-9-7-5-2/h14-25,28H,4-13,26-27H2,1-3H3. The normalized spacial score (nSPS) is 11.8. The van der Waals surface area contributed by atoms with Gasteiger partial charge >= 0.3 is 0 Å². The van der Waals surface area contributed by atoms with E-state index in [9.17, 15) is 0 Å². The zero-order chi connectivity index (χ0) is 26.1. The van der Waals surface area contributed by atoms with Gasteiger partial charge in [0.05, 0.1) is 12.7 Å². The average molecular weight is 503 g/mol. The molecule has 0 heterocycles. The summed E-state index contributed by atoms with van der Waals surface area (Å²) in [4.78, 5) is 0. The van der Waals surface area contributed by atoms with Crippen molar-refractivity contribution in [3.05, 3.63) is 78.4 Å². The van der Waals surface area contributed by atoms with Crippen LogP contribution in [0.15, 0.2) is 72.8 Å². The molecule has 0 saturated carbocycles. The summed E-state index contributed by atoms with van der Waals surface area (Å²) in [6.45, 7) is 7.98. The molecule has 0 saturated heterocycles. The van der Waals surface area contributed by atoms with E-state index in [1.54, 1.807) is 0 Å². The highest BCUT2D eigenvalue weighted by Gasteiger charge is 2.05. The van der Waals surface area contributed by atoms with Crippen molar-refractivity contribution in [2.24, 2.45) is 0 Å². The largest absolute Gasteiger partial charge is 0.494 e. The monoisotopic (exact) mass is 502 g/mol. The molecule has 3 aromatic carbocycles. The molecule has 37 heavy (non-hydrogen) atoms. The molecule has 0 bridgehead atoms. The lowest BCUT2D eigenvalue weighted by Crippen LogP contribution is -2.11. The Labute approximate surface area is 225 Å². The molecule has 1 atom stereocenters. The first-order chi connectivity index (χ1) is 18.2. The van der Waals surface area contributed by atoms with Crippen molar-refractivity contribution in [3.63, 3.8) is 0 Å². The Hall–Kier alpha value is -2.94.